The van der Waals surface area contributed by atoms with Gasteiger partial charge in [0, 0.05) is 0 Å². The minimum Gasteiger partial charge on any atom is -0.394 e. The van der Waals surface area contributed by atoms with E-state index in [-0.39, 0.29) is 5.95 Å². The highest BCUT2D eigenvalue weighted by Crippen LogP contribution is 2.27. The third-order valence-electron chi connectivity index (χ3n) is 3.77. The summed E-state index contributed by atoms with van der Waals surface area (Å²) < 4.78 is 6.58. The van der Waals surface area contributed by atoms with Crippen molar-refractivity contribution in [3.05, 3.63) is 34.1 Å². The van der Waals surface area contributed by atoms with Crippen LogP contribution in [0.15, 0.2) is 23.8 Å². The predicted octanol–water partition coefficient (Wildman–Crippen LogP) is -2.15. The molecule has 27 heavy (non-hydrogen) atoms. The largest absolute Gasteiger partial charge is 0.394 e. The molecule has 0 saturated carbocycles. The summed E-state index contributed by atoms with van der Waals surface area (Å²) in [6.07, 6.45) is -0.559. The number of aromatic amines is 2. The molecule has 3 aromatic heterocycles. The molecular weight excluding hydrogens is 380 g/mol. The Balaban J connectivity index is 0.000000177. The summed E-state index contributed by atoms with van der Waals surface area (Å²) in [6.45, 7) is -0.473. The molecular formula is C13H16N8O5S. The standard InChI is InChI=1S/C8H12N4O5.C5H4N4S/c9-7-10-2-12(8(16)11-7)6-5(15)4(14)3(1-13)17-6;10-5-3-4(7-1-6-3)8-2-9-5/h2-6,13-15H,1H2,(H2,9,11,16);1-2H,(H2,6,7,8,9,10)/t3-,4-,5-,6-;/m1./s1. The fourth-order valence-corrected chi connectivity index (χ4v) is 2.63. The normalized spacial score (nSPS) is 24.6. The summed E-state index contributed by atoms with van der Waals surface area (Å²) in [5, 5.41) is 28.1. The van der Waals surface area contributed by atoms with Gasteiger partial charge in [0.05, 0.1) is 19.3 Å². The number of nitrogens with zero attached hydrogens (tertiary/aromatic N) is 5. The zero-order chi connectivity index (χ0) is 19.6. The lowest BCUT2D eigenvalue weighted by molar-refractivity contribution is -0.0554. The Kier molecular flexibility index (Phi) is 5.52. The van der Waals surface area contributed by atoms with E-state index in [4.69, 9.17) is 27.8 Å². The third-order valence-corrected chi connectivity index (χ3v) is 4.08. The highest BCUT2D eigenvalue weighted by molar-refractivity contribution is 7.71. The maximum atomic E-state index is 11.5. The second-order valence-corrected chi connectivity index (χ2v) is 5.85. The lowest BCUT2D eigenvalue weighted by atomic mass is 10.1. The van der Waals surface area contributed by atoms with Gasteiger partial charge in [-0.3, -0.25) is 4.57 Å². The molecule has 1 saturated heterocycles. The van der Waals surface area contributed by atoms with Crippen LogP contribution in [0.4, 0.5) is 5.95 Å². The first-order valence-corrected chi connectivity index (χ1v) is 8.03. The molecule has 0 radical (unpaired) electrons. The molecule has 0 aliphatic carbocycles. The Bertz CT molecular complexity index is 1030. The van der Waals surface area contributed by atoms with Gasteiger partial charge in [0.15, 0.2) is 16.5 Å². The number of hydrogen-bond acceptors (Lipinski definition) is 11. The van der Waals surface area contributed by atoms with Gasteiger partial charge in [0.25, 0.3) is 0 Å². The van der Waals surface area contributed by atoms with E-state index in [1.807, 2.05) is 0 Å². The Hall–Kier alpha value is -2.78. The number of rotatable bonds is 2. The van der Waals surface area contributed by atoms with E-state index in [9.17, 15) is 15.0 Å². The van der Waals surface area contributed by atoms with E-state index >= 15 is 0 Å². The first-order chi connectivity index (χ1) is 12.9. The smallest absolute Gasteiger partial charge is 0.354 e. The third kappa shape index (κ3) is 3.83. The van der Waals surface area contributed by atoms with Crippen molar-refractivity contribution >= 4 is 29.3 Å². The number of nitrogens with one attached hydrogen (secondary N) is 2. The maximum absolute atomic E-state index is 11.5. The van der Waals surface area contributed by atoms with Gasteiger partial charge >= 0.3 is 5.69 Å². The average Bonchev–Trinajstić information content (AvgIpc) is 3.23. The van der Waals surface area contributed by atoms with Crippen molar-refractivity contribution in [3.63, 3.8) is 0 Å². The fourth-order valence-electron chi connectivity index (χ4n) is 2.42. The van der Waals surface area contributed by atoms with E-state index < -0.39 is 36.8 Å². The van der Waals surface area contributed by atoms with Crippen molar-refractivity contribution in [1.82, 2.24) is 34.5 Å². The van der Waals surface area contributed by atoms with Crippen LogP contribution in [0.3, 0.4) is 0 Å². The number of imidazole rings is 1. The summed E-state index contributed by atoms with van der Waals surface area (Å²) in [5.41, 5.74) is 6.00. The highest BCUT2D eigenvalue weighted by atomic mass is 32.1. The lowest BCUT2D eigenvalue weighted by Crippen LogP contribution is -2.36. The molecule has 144 valence electrons. The van der Waals surface area contributed by atoms with Crippen molar-refractivity contribution in [2.75, 3.05) is 12.3 Å². The topological polar surface area (TPSA) is 201 Å². The van der Waals surface area contributed by atoms with Gasteiger partial charge in [-0.2, -0.15) is 4.98 Å². The number of aliphatic hydroxyl groups excluding tert-OH is 3. The van der Waals surface area contributed by atoms with Crippen LogP contribution in [0.1, 0.15) is 6.23 Å². The number of ether oxygens (including phenoxy) is 1. The second kappa shape index (κ2) is 7.85. The van der Waals surface area contributed by atoms with Gasteiger partial charge in [0.2, 0.25) is 5.95 Å². The number of nitrogens with two attached hydrogens (primary N) is 1. The molecule has 0 aromatic carbocycles. The number of fused-ring (bicyclic) bond motifs is 1. The number of nitrogen functional groups attached to an aromatic ring is 1. The van der Waals surface area contributed by atoms with Crippen LogP contribution >= 0.6 is 12.2 Å². The molecule has 7 N–H and O–H groups in total. The summed E-state index contributed by atoms with van der Waals surface area (Å²) in [7, 11) is 0. The van der Waals surface area contributed by atoms with Gasteiger partial charge in [0.1, 0.15) is 30.2 Å². The van der Waals surface area contributed by atoms with Crippen LogP contribution in [0.5, 0.6) is 0 Å². The van der Waals surface area contributed by atoms with Crippen molar-refractivity contribution in [1.29, 1.82) is 0 Å². The van der Waals surface area contributed by atoms with Crippen LogP contribution in [-0.2, 0) is 4.74 Å². The number of hydrogen-bond donors (Lipinski definition) is 6. The molecule has 1 aliphatic heterocycles. The highest BCUT2D eigenvalue weighted by Gasteiger charge is 2.43. The number of H-pyrrole nitrogens is 2. The number of aromatic nitrogens is 7. The molecule has 4 atom stereocenters. The molecule has 4 rings (SSSR count). The molecule has 14 heteroatoms. The van der Waals surface area contributed by atoms with Crippen LogP contribution in [0, 0.1) is 4.64 Å². The van der Waals surface area contributed by atoms with E-state index in [0.29, 0.717) is 4.64 Å². The molecule has 1 fully saturated rings. The van der Waals surface area contributed by atoms with E-state index in [2.05, 4.69) is 29.9 Å². The SMILES string of the molecule is Nc1ncn([C@@H]2O[C@H](CO)[C@@H](O)[C@H]2O)c(=O)n1.S=c1nc[nH]c2nc[nH]c12. The molecule has 13 nitrogen and oxygen atoms in total. The Morgan fingerprint density at radius 2 is 1.96 bits per heavy atom. The molecule has 0 amide bonds. The zero-order valence-corrected chi connectivity index (χ0v) is 14.4. The summed E-state index contributed by atoms with van der Waals surface area (Å²) in [4.78, 5) is 32.0. The van der Waals surface area contributed by atoms with Crippen LogP contribution in [-0.4, -0.2) is 74.7 Å². The van der Waals surface area contributed by atoms with Gasteiger partial charge < -0.3 is 35.8 Å². The van der Waals surface area contributed by atoms with Crippen molar-refractivity contribution in [2.24, 2.45) is 0 Å². The van der Waals surface area contributed by atoms with Gasteiger partial charge in [-0.05, 0) is 0 Å². The minimum atomic E-state index is -1.35. The first-order valence-electron chi connectivity index (χ1n) is 7.62. The minimum absolute atomic E-state index is 0.196. The summed E-state index contributed by atoms with van der Waals surface area (Å²) >= 11 is 4.91. The van der Waals surface area contributed by atoms with E-state index in [1.165, 1.54) is 6.33 Å². The molecule has 1 aliphatic rings. The van der Waals surface area contributed by atoms with Gasteiger partial charge in [-0.25, -0.2) is 19.7 Å². The quantitative estimate of drug-likeness (QED) is 0.258. The molecule has 0 unspecified atom stereocenters. The summed E-state index contributed by atoms with van der Waals surface area (Å²) in [6, 6.07) is 0. The zero-order valence-electron chi connectivity index (χ0n) is 13.6. The molecule has 0 spiro atoms. The Morgan fingerprint density at radius 3 is 2.59 bits per heavy atom. The Morgan fingerprint density at radius 1 is 1.22 bits per heavy atom. The van der Waals surface area contributed by atoms with Crippen LogP contribution in [0.2, 0.25) is 0 Å². The van der Waals surface area contributed by atoms with Crippen molar-refractivity contribution in [2.45, 2.75) is 24.5 Å². The van der Waals surface area contributed by atoms with Crippen molar-refractivity contribution < 1.29 is 20.1 Å². The monoisotopic (exact) mass is 396 g/mol. The Labute approximate surface area is 155 Å². The van der Waals surface area contributed by atoms with Crippen LogP contribution < -0.4 is 11.4 Å². The lowest BCUT2D eigenvalue weighted by Gasteiger charge is -2.16. The summed E-state index contributed by atoms with van der Waals surface area (Å²) in [5.74, 6) is -0.196. The maximum Gasteiger partial charge on any atom is 0.354 e. The van der Waals surface area contributed by atoms with E-state index in [0.717, 1.165) is 22.1 Å². The number of aliphatic hydroxyl groups is 3. The first kappa shape index (κ1) is 19.0. The van der Waals surface area contributed by atoms with E-state index in [1.54, 1.807) is 6.33 Å². The molecule has 3 aromatic rings. The van der Waals surface area contributed by atoms with Gasteiger partial charge in [-0.15, -0.1) is 0 Å². The average molecular weight is 396 g/mol. The fraction of sp³-hybridized carbons (Fsp3) is 0.385. The second-order valence-electron chi connectivity index (χ2n) is 5.47. The molecule has 0 bridgehead atoms. The van der Waals surface area contributed by atoms with Crippen LogP contribution in [0.25, 0.3) is 11.2 Å². The van der Waals surface area contributed by atoms with Crippen molar-refractivity contribution in [3.8, 4) is 0 Å². The molecule has 4 heterocycles. The number of anilines is 1. The predicted molar refractivity (Wildman–Crippen MR) is 92.8 cm³/mol. The van der Waals surface area contributed by atoms with Gasteiger partial charge in [-0.1, -0.05) is 12.2 Å².